The maximum absolute atomic E-state index is 13.5. The number of piperidine rings is 1. The van der Waals surface area contributed by atoms with Gasteiger partial charge in [-0.15, -0.1) is 0 Å². The smallest absolute Gasteiger partial charge is 0.167 e. The summed E-state index contributed by atoms with van der Waals surface area (Å²) in [6.45, 7) is 8.55. The van der Waals surface area contributed by atoms with Crippen LogP contribution in [-0.4, -0.2) is 42.4 Å². The third-order valence-corrected chi connectivity index (χ3v) is 10.2. The van der Waals surface area contributed by atoms with Gasteiger partial charge in [0.2, 0.25) is 0 Å². The summed E-state index contributed by atoms with van der Waals surface area (Å²) in [6.07, 6.45) is 8.74. The molecular formula is C22H29NO3. The Kier molecular flexibility index (Phi) is 2.53. The number of ketones is 1. The SMILES string of the molecule is C=C1C(=O)[C@]23CC[C@H]1CC2[C@]12CCC[C@]4(C)C1C[C@H]3O[C@H]2N1CCO[C@@H]14. The zero-order chi connectivity index (χ0) is 17.5. The Morgan fingerprint density at radius 3 is 2.92 bits per heavy atom. The van der Waals surface area contributed by atoms with Gasteiger partial charge in [0.15, 0.2) is 5.78 Å². The van der Waals surface area contributed by atoms with Crippen molar-refractivity contribution in [3.05, 3.63) is 12.2 Å². The van der Waals surface area contributed by atoms with Crippen LogP contribution in [0.5, 0.6) is 0 Å². The molecule has 4 saturated heterocycles. The second-order valence-electron chi connectivity index (χ2n) is 10.6. The highest BCUT2D eigenvalue weighted by Gasteiger charge is 2.81. The standard InChI is InChI=1S/C22H29NO3/c1-12-13-4-7-22(17(12)24)15(10-13)21-6-3-5-20(2)14(21)11-16(22)26-19(21)23-8-9-25-18(20)23/h13-16,18-19H,1,3-11H2,2H3/t13-,14?,15?,16+,18+,19+,20+,21-,22+/m0/s1. The van der Waals surface area contributed by atoms with Crippen LogP contribution in [-0.2, 0) is 14.3 Å². The van der Waals surface area contributed by atoms with E-state index in [-0.39, 0.29) is 34.8 Å². The van der Waals surface area contributed by atoms with Crippen LogP contribution in [0.3, 0.4) is 0 Å². The Morgan fingerprint density at radius 2 is 2.04 bits per heavy atom. The monoisotopic (exact) mass is 355 g/mol. The first kappa shape index (κ1) is 15.2. The fourth-order valence-electron chi connectivity index (χ4n) is 9.47. The summed E-state index contributed by atoms with van der Waals surface area (Å²) in [7, 11) is 0. The lowest BCUT2D eigenvalue weighted by molar-refractivity contribution is -0.404. The maximum Gasteiger partial charge on any atom is 0.167 e. The Morgan fingerprint density at radius 1 is 1.15 bits per heavy atom. The maximum atomic E-state index is 13.5. The van der Waals surface area contributed by atoms with Crippen molar-refractivity contribution in [2.24, 2.45) is 34.0 Å². The van der Waals surface area contributed by atoms with E-state index in [2.05, 4.69) is 18.4 Å². The molecule has 9 aliphatic rings. The van der Waals surface area contributed by atoms with Crippen molar-refractivity contribution >= 4 is 5.78 Å². The molecule has 7 bridgehead atoms. The van der Waals surface area contributed by atoms with Gasteiger partial charge in [-0.1, -0.05) is 19.9 Å². The molecule has 0 radical (unpaired) electrons. The van der Waals surface area contributed by atoms with Gasteiger partial charge in [0.1, 0.15) is 12.5 Å². The third kappa shape index (κ3) is 1.27. The van der Waals surface area contributed by atoms with Crippen molar-refractivity contribution in [2.45, 2.75) is 70.4 Å². The highest BCUT2D eigenvalue weighted by Crippen LogP contribution is 2.78. The van der Waals surface area contributed by atoms with Crippen LogP contribution >= 0.6 is 0 Å². The fourth-order valence-corrected chi connectivity index (χ4v) is 9.47. The molecule has 9 rings (SSSR count). The minimum absolute atomic E-state index is 0.105. The molecule has 2 spiro atoms. The number of hydrogen-bond acceptors (Lipinski definition) is 4. The van der Waals surface area contributed by atoms with Gasteiger partial charge >= 0.3 is 0 Å². The second-order valence-corrected chi connectivity index (χ2v) is 10.6. The van der Waals surface area contributed by atoms with Crippen LogP contribution in [0.25, 0.3) is 0 Å². The molecule has 0 amide bonds. The van der Waals surface area contributed by atoms with E-state index in [1.165, 1.54) is 25.7 Å². The van der Waals surface area contributed by atoms with Crippen LogP contribution in [0.2, 0.25) is 0 Å². The molecule has 0 N–H and O–H groups in total. The van der Waals surface area contributed by atoms with Crippen molar-refractivity contribution in [2.75, 3.05) is 13.2 Å². The fraction of sp³-hybridized carbons (Fsp3) is 0.864. The number of hydrogen-bond donors (Lipinski definition) is 0. The first-order valence-corrected chi connectivity index (χ1v) is 10.8. The lowest BCUT2D eigenvalue weighted by atomic mass is 9.32. The molecule has 26 heavy (non-hydrogen) atoms. The molecule has 4 aliphatic heterocycles. The van der Waals surface area contributed by atoms with Crippen molar-refractivity contribution in [1.29, 1.82) is 0 Å². The molecule has 4 heterocycles. The summed E-state index contributed by atoms with van der Waals surface area (Å²) in [5.41, 5.74) is 1.07. The topological polar surface area (TPSA) is 38.8 Å². The highest BCUT2D eigenvalue weighted by molar-refractivity contribution is 6.02. The number of fused-ring (bicyclic) bond motifs is 4. The highest BCUT2D eigenvalue weighted by atomic mass is 16.6. The molecule has 2 unspecified atom stereocenters. The van der Waals surface area contributed by atoms with Crippen LogP contribution < -0.4 is 0 Å². The predicted octanol–water partition coefficient (Wildman–Crippen LogP) is 3.12. The number of carbonyl (C=O) groups excluding carboxylic acids is 1. The van der Waals surface area contributed by atoms with E-state index in [0.29, 0.717) is 23.5 Å². The van der Waals surface area contributed by atoms with E-state index < -0.39 is 0 Å². The van der Waals surface area contributed by atoms with E-state index in [4.69, 9.17) is 9.47 Å². The first-order chi connectivity index (χ1) is 12.5. The normalized spacial score (nSPS) is 62.3. The van der Waals surface area contributed by atoms with Crippen LogP contribution in [0, 0.1) is 34.0 Å². The largest absolute Gasteiger partial charge is 0.361 e. The van der Waals surface area contributed by atoms with Gasteiger partial charge < -0.3 is 9.47 Å². The molecule has 4 heteroatoms. The van der Waals surface area contributed by atoms with Crippen molar-refractivity contribution in [3.8, 4) is 0 Å². The summed E-state index contributed by atoms with van der Waals surface area (Å²) in [6, 6.07) is 0. The summed E-state index contributed by atoms with van der Waals surface area (Å²) >= 11 is 0. The summed E-state index contributed by atoms with van der Waals surface area (Å²) in [5.74, 6) is 1.98. The average Bonchev–Trinajstić information content (AvgIpc) is 3.14. The molecule has 0 aromatic carbocycles. The van der Waals surface area contributed by atoms with Crippen LogP contribution in [0.4, 0.5) is 0 Å². The van der Waals surface area contributed by atoms with Crippen LogP contribution in [0.1, 0.15) is 51.9 Å². The molecule has 9 fully saturated rings. The van der Waals surface area contributed by atoms with E-state index in [1.807, 2.05) is 0 Å². The second kappa shape index (κ2) is 4.31. The quantitative estimate of drug-likeness (QED) is 0.626. The van der Waals surface area contributed by atoms with Gasteiger partial charge in [-0.05, 0) is 61.9 Å². The molecule has 4 nitrogen and oxygen atoms in total. The number of nitrogens with zero attached hydrogens (tertiary/aromatic N) is 1. The number of allylic oxidation sites excluding steroid dienone is 1. The minimum Gasteiger partial charge on any atom is -0.361 e. The first-order valence-electron chi connectivity index (χ1n) is 10.8. The van der Waals surface area contributed by atoms with Crippen LogP contribution in [0.15, 0.2) is 12.2 Å². The molecule has 5 saturated carbocycles. The number of ether oxygens (including phenoxy) is 2. The Bertz CT molecular complexity index is 750. The van der Waals surface area contributed by atoms with Gasteiger partial charge in [-0.3, -0.25) is 4.79 Å². The zero-order valence-electron chi connectivity index (χ0n) is 15.7. The lowest BCUT2D eigenvalue weighted by Gasteiger charge is -2.78. The number of carbonyl (C=O) groups is 1. The van der Waals surface area contributed by atoms with Crippen molar-refractivity contribution in [3.63, 3.8) is 0 Å². The number of rotatable bonds is 0. The van der Waals surface area contributed by atoms with Gasteiger partial charge in [-0.2, -0.15) is 0 Å². The van der Waals surface area contributed by atoms with Crippen molar-refractivity contribution < 1.29 is 14.3 Å². The van der Waals surface area contributed by atoms with E-state index >= 15 is 0 Å². The van der Waals surface area contributed by atoms with Gasteiger partial charge in [0, 0.05) is 17.4 Å². The van der Waals surface area contributed by atoms with Gasteiger partial charge in [-0.25, -0.2) is 4.90 Å². The third-order valence-electron chi connectivity index (χ3n) is 10.2. The van der Waals surface area contributed by atoms with E-state index in [0.717, 1.165) is 38.0 Å². The molecule has 9 atom stereocenters. The van der Waals surface area contributed by atoms with E-state index in [1.54, 1.807) is 0 Å². The van der Waals surface area contributed by atoms with Crippen molar-refractivity contribution in [1.82, 2.24) is 4.90 Å². The minimum atomic E-state index is -0.246. The Labute approximate surface area is 155 Å². The molecular weight excluding hydrogens is 326 g/mol. The Balaban J connectivity index is 1.46. The average molecular weight is 355 g/mol. The lowest BCUT2D eigenvalue weighted by Crippen LogP contribution is -2.82. The van der Waals surface area contributed by atoms with E-state index in [9.17, 15) is 4.79 Å². The summed E-state index contributed by atoms with van der Waals surface area (Å²) in [4.78, 5) is 16.1. The Hall–Kier alpha value is -0.710. The van der Waals surface area contributed by atoms with Gasteiger partial charge in [0.05, 0.1) is 18.1 Å². The molecule has 5 aliphatic carbocycles. The zero-order valence-corrected chi connectivity index (χ0v) is 15.7. The molecule has 140 valence electrons. The number of Topliss-reactive ketones (excluding diaryl/α,β-unsaturated/α-hetero) is 1. The summed E-state index contributed by atoms with van der Waals surface area (Å²) < 4.78 is 13.2. The summed E-state index contributed by atoms with van der Waals surface area (Å²) in [5, 5.41) is 0. The predicted molar refractivity (Wildman–Crippen MR) is 95.0 cm³/mol. The molecule has 0 aromatic rings. The molecule has 0 aromatic heterocycles. The van der Waals surface area contributed by atoms with Gasteiger partial charge in [0.25, 0.3) is 0 Å².